The van der Waals surface area contributed by atoms with Crippen molar-refractivity contribution in [1.82, 2.24) is 9.99 Å². The Balaban J connectivity index is 1.54. The largest absolute Gasteiger partial charge is 0.315 e. The number of benzene rings is 3. The number of hydrazone groups is 1. The lowest BCUT2D eigenvalue weighted by Crippen LogP contribution is -2.39. The summed E-state index contributed by atoms with van der Waals surface area (Å²) < 4.78 is 42.2. The van der Waals surface area contributed by atoms with Gasteiger partial charge in [0.05, 0.1) is 23.8 Å². The minimum Gasteiger partial charge on any atom is -0.315 e. The molecule has 4 rings (SSSR count). The summed E-state index contributed by atoms with van der Waals surface area (Å²) in [7, 11) is -3.74. The Morgan fingerprint density at radius 3 is 2.49 bits per heavy atom. The number of fused-ring (bicyclic) bond motifs is 1. The van der Waals surface area contributed by atoms with E-state index in [4.69, 9.17) is 0 Å². The average molecular weight is 493 g/mol. The zero-order chi connectivity index (χ0) is 25.2. The molecule has 1 amide bonds. The predicted octanol–water partition coefficient (Wildman–Crippen LogP) is 4.30. The molecule has 4 aromatic rings. The number of carbonyl (C=O) groups is 1. The number of hydrogen-bond acceptors (Lipinski definition) is 4. The number of hydrogen-bond donors (Lipinski definition) is 1. The molecule has 0 saturated heterocycles. The number of halogens is 1. The lowest BCUT2D eigenvalue weighted by Gasteiger charge is -2.23. The Bertz CT molecular complexity index is 1540. The van der Waals surface area contributed by atoms with Crippen LogP contribution in [0.5, 0.6) is 0 Å². The van der Waals surface area contributed by atoms with Crippen LogP contribution in [0.2, 0.25) is 0 Å². The topological polar surface area (TPSA) is 83.8 Å². The Morgan fingerprint density at radius 2 is 1.74 bits per heavy atom. The fraction of sp³-hybridized carbons (Fsp3) is 0.154. The van der Waals surface area contributed by atoms with Crippen LogP contribution >= 0.6 is 0 Å². The van der Waals surface area contributed by atoms with E-state index in [1.807, 2.05) is 50.2 Å². The van der Waals surface area contributed by atoms with Crippen LogP contribution in [0.3, 0.4) is 0 Å². The Labute approximate surface area is 203 Å². The Kier molecular flexibility index (Phi) is 6.70. The van der Waals surface area contributed by atoms with Crippen LogP contribution in [-0.2, 0) is 14.8 Å². The maximum absolute atomic E-state index is 14.3. The minimum absolute atomic E-state index is 0.347. The molecule has 1 heterocycles. The second kappa shape index (κ2) is 9.71. The van der Waals surface area contributed by atoms with E-state index in [0.29, 0.717) is 16.9 Å². The summed E-state index contributed by atoms with van der Waals surface area (Å²) in [6.07, 6.45) is 2.52. The molecule has 0 aliphatic carbocycles. The number of nitrogens with one attached hydrogen (secondary N) is 1. The van der Waals surface area contributed by atoms with Gasteiger partial charge in [0.1, 0.15) is 12.4 Å². The number of anilines is 1. The molecule has 0 aliphatic rings. The summed E-state index contributed by atoms with van der Waals surface area (Å²) in [5.41, 5.74) is 5.48. The smallest absolute Gasteiger partial charge is 0.260 e. The molecule has 0 fully saturated rings. The first-order valence-corrected chi connectivity index (χ1v) is 12.7. The number of aryl methyl sites for hydroxylation is 1. The van der Waals surface area contributed by atoms with Crippen LogP contribution in [-0.4, -0.2) is 37.9 Å². The van der Waals surface area contributed by atoms with E-state index in [1.165, 1.54) is 12.3 Å². The van der Waals surface area contributed by atoms with Gasteiger partial charge in [0.2, 0.25) is 10.0 Å². The fourth-order valence-corrected chi connectivity index (χ4v) is 4.94. The number of para-hydroxylation sites is 1. The van der Waals surface area contributed by atoms with E-state index < -0.39 is 22.5 Å². The van der Waals surface area contributed by atoms with Gasteiger partial charge in [-0.15, -0.1) is 0 Å². The first-order chi connectivity index (χ1) is 16.7. The van der Waals surface area contributed by atoms with E-state index in [2.05, 4.69) is 10.5 Å². The molecule has 1 N–H and O–H groups in total. The monoisotopic (exact) mass is 492 g/mol. The minimum atomic E-state index is -3.74. The van der Waals surface area contributed by atoms with Crippen LogP contribution in [0.1, 0.15) is 17.0 Å². The van der Waals surface area contributed by atoms with Crippen molar-refractivity contribution in [3.63, 3.8) is 0 Å². The summed E-state index contributed by atoms with van der Waals surface area (Å²) in [5.74, 6) is -0.942. The summed E-state index contributed by atoms with van der Waals surface area (Å²) in [5, 5.41) is 5.59. The van der Waals surface area contributed by atoms with Crippen molar-refractivity contribution in [2.24, 2.45) is 5.10 Å². The van der Waals surface area contributed by atoms with Gasteiger partial charge in [-0.2, -0.15) is 5.10 Å². The van der Waals surface area contributed by atoms with Crippen LogP contribution in [0.15, 0.2) is 77.9 Å². The van der Waals surface area contributed by atoms with Gasteiger partial charge in [0.15, 0.2) is 0 Å². The van der Waals surface area contributed by atoms with Gasteiger partial charge in [-0.1, -0.05) is 48.5 Å². The van der Waals surface area contributed by atoms with Crippen molar-refractivity contribution in [1.29, 1.82) is 0 Å². The highest BCUT2D eigenvalue weighted by molar-refractivity contribution is 7.92. The van der Waals surface area contributed by atoms with E-state index in [9.17, 15) is 17.6 Å². The molecule has 0 saturated carbocycles. The van der Waals surface area contributed by atoms with Gasteiger partial charge in [-0.3, -0.25) is 9.10 Å². The van der Waals surface area contributed by atoms with Gasteiger partial charge in [-0.25, -0.2) is 18.2 Å². The normalized spacial score (nSPS) is 11.8. The third-order valence-corrected chi connectivity index (χ3v) is 6.81. The summed E-state index contributed by atoms with van der Waals surface area (Å²) in [4.78, 5) is 12.6. The molecule has 0 spiro atoms. The van der Waals surface area contributed by atoms with Crippen LogP contribution in [0.4, 0.5) is 10.1 Å². The van der Waals surface area contributed by atoms with Gasteiger partial charge >= 0.3 is 0 Å². The quantitative estimate of drug-likeness (QED) is 0.308. The van der Waals surface area contributed by atoms with Crippen LogP contribution in [0, 0.1) is 19.7 Å². The molecule has 0 unspecified atom stereocenters. The number of nitrogens with zero attached hydrogens (tertiary/aromatic N) is 3. The SMILES string of the molecule is Cc1cc(/C=N\NC(=O)CN(c2cccc3ccccc23)S(C)(=O)=O)c(C)n1-c1ccccc1F. The number of sulfonamides is 1. The first-order valence-electron chi connectivity index (χ1n) is 10.9. The highest BCUT2D eigenvalue weighted by Gasteiger charge is 2.22. The van der Waals surface area contributed by atoms with Crippen LogP contribution in [0.25, 0.3) is 16.5 Å². The van der Waals surface area contributed by atoms with Gasteiger partial charge in [0.25, 0.3) is 5.91 Å². The lowest BCUT2D eigenvalue weighted by atomic mass is 10.1. The van der Waals surface area contributed by atoms with Crippen molar-refractivity contribution in [2.75, 3.05) is 17.1 Å². The third kappa shape index (κ3) is 5.09. The van der Waals surface area contributed by atoms with Crippen molar-refractivity contribution >= 4 is 38.6 Å². The van der Waals surface area contributed by atoms with E-state index in [1.54, 1.807) is 34.9 Å². The molecule has 7 nitrogen and oxygen atoms in total. The summed E-state index contributed by atoms with van der Waals surface area (Å²) in [6, 6.07) is 20.9. The molecular formula is C26H25FN4O3S. The molecule has 9 heteroatoms. The van der Waals surface area contributed by atoms with Gasteiger partial charge < -0.3 is 4.57 Å². The molecule has 3 aromatic carbocycles. The van der Waals surface area contributed by atoms with Crippen molar-refractivity contribution in [2.45, 2.75) is 13.8 Å². The van der Waals surface area contributed by atoms with Gasteiger partial charge in [-0.05, 0) is 43.5 Å². The molecular weight excluding hydrogens is 467 g/mol. The lowest BCUT2D eigenvalue weighted by molar-refractivity contribution is -0.119. The number of amides is 1. The number of rotatable bonds is 7. The number of aromatic nitrogens is 1. The van der Waals surface area contributed by atoms with Gasteiger partial charge in [0, 0.05) is 22.3 Å². The van der Waals surface area contributed by atoms with Crippen molar-refractivity contribution in [3.8, 4) is 5.69 Å². The number of carbonyl (C=O) groups excluding carboxylic acids is 1. The second-order valence-corrected chi connectivity index (χ2v) is 10.1. The molecule has 0 aliphatic heterocycles. The van der Waals surface area contributed by atoms with Crippen molar-refractivity contribution in [3.05, 3.63) is 95.6 Å². The maximum Gasteiger partial charge on any atom is 0.260 e. The zero-order valence-corrected chi connectivity index (χ0v) is 20.4. The molecule has 1 aromatic heterocycles. The Hall–Kier alpha value is -3.98. The fourth-order valence-electron chi connectivity index (χ4n) is 4.07. The standard InChI is InChI=1S/C26H25FN4O3S/c1-18-15-21(19(2)31(18)25-13-7-6-12-23(25)27)16-28-29-26(32)17-30(35(3,33)34)24-14-8-10-20-9-4-5-11-22(20)24/h4-16H,17H2,1-3H3,(H,29,32)/b28-16-. The molecule has 0 radical (unpaired) electrons. The highest BCUT2D eigenvalue weighted by atomic mass is 32.2. The zero-order valence-electron chi connectivity index (χ0n) is 19.6. The molecule has 0 bridgehead atoms. The summed E-state index contributed by atoms with van der Waals surface area (Å²) in [6.45, 7) is 3.25. The van der Waals surface area contributed by atoms with Crippen molar-refractivity contribution < 1.29 is 17.6 Å². The highest BCUT2D eigenvalue weighted by Crippen LogP contribution is 2.28. The third-order valence-electron chi connectivity index (χ3n) is 5.68. The molecule has 0 atom stereocenters. The summed E-state index contributed by atoms with van der Waals surface area (Å²) >= 11 is 0. The van der Waals surface area contributed by atoms with E-state index >= 15 is 0 Å². The average Bonchev–Trinajstić information content (AvgIpc) is 3.09. The first kappa shape index (κ1) is 24.2. The molecule has 35 heavy (non-hydrogen) atoms. The van der Waals surface area contributed by atoms with E-state index in [-0.39, 0.29) is 5.82 Å². The maximum atomic E-state index is 14.3. The van der Waals surface area contributed by atoms with Crippen LogP contribution < -0.4 is 9.73 Å². The Morgan fingerprint density at radius 1 is 1.06 bits per heavy atom. The second-order valence-electron chi connectivity index (χ2n) is 8.17. The van der Waals surface area contributed by atoms with E-state index in [0.717, 1.165) is 32.7 Å². The molecule has 180 valence electrons. The predicted molar refractivity (Wildman–Crippen MR) is 137 cm³/mol.